The van der Waals surface area contributed by atoms with Crippen molar-refractivity contribution in [2.24, 2.45) is 5.92 Å². The van der Waals surface area contributed by atoms with Crippen molar-refractivity contribution < 1.29 is 27.5 Å². The fourth-order valence-electron chi connectivity index (χ4n) is 6.28. The van der Waals surface area contributed by atoms with Gasteiger partial charge in [0.15, 0.2) is 6.54 Å². The van der Waals surface area contributed by atoms with Crippen molar-refractivity contribution in [3.63, 3.8) is 0 Å². The van der Waals surface area contributed by atoms with Crippen molar-refractivity contribution in [3.8, 4) is 0 Å². The third-order valence-electron chi connectivity index (χ3n) is 8.37. The summed E-state index contributed by atoms with van der Waals surface area (Å²) in [6.45, 7) is 2.13. The van der Waals surface area contributed by atoms with Crippen molar-refractivity contribution in [1.82, 2.24) is 15.1 Å². The SMILES string of the molecule is O=C([C@H](Cc1ccc(Cl)cc1Cl)C1CCC[N+]1=O)N1CCN(C2(CNC(=O)C(F)(F)F)CCCCC2)CC1. The number of nitrogens with zero attached hydrogens (tertiary/aromatic N) is 3. The molecule has 1 unspecified atom stereocenters. The average molecular weight is 578 g/mol. The molecule has 1 aromatic carbocycles. The molecule has 0 spiro atoms. The van der Waals surface area contributed by atoms with Crippen molar-refractivity contribution in [2.75, 3.05) is 39.3 Å². The molecule has 3 aliphatic rings. The highest BCUT2D eigenvalue weighted by molar-refractivity contribution is 6.35. The number of halogens is 5. The first kappa shape index (κ1) is 29.1. The minimum atomic E-state index is -4.92. The molecule has 1 aromatic rings. The first-order chi connectivity index (χ1) is 18.0. The molecule has 38 heavy (non-hydrogen) atoms. The largest absolute Gasteiger partial charge is 0.471 e. The predicted octanol–water partition coefficient (Wildman–Crippen LogP) is 4.62. The number of piperazine rings is 1. The molecule has 0 aromatic heterocycles. The van der Waals surface area contributed by atoms with Crippen molar-refractivity contribution >= 4 is 35.0 Å². The van der Waals surface area contributed by atoms with Crippen LogP contribution < -0.4 is 5.32 Å². The summed E-state index contributed by atoms with van der Waals surface area (Å²) < 4.78 is 39.5. The number of nitrogens with one attached hydrogen (secondary N) is 1. The molecule has 12 heteroatoms. The van der Waals surface area contributed by atoms with Crippen molar-refractivity contribution in [3.05, 3.63) is 38.7 Å². The fourth-order valence-corrected chi connectivity index (χ4v) is 6.76. The summed E-state index contributed by atoms with van der Waals surface area (Å²) in [5.41, 5.74) is 0.205. The van der Waals surface area contributed by atoms with Gasteiger partial charge in [0.05, 0.1) is 0 Å². The second kappa shape index (κ2) is 12.1. The third-order valence-corrected chi connectivity index (χ3v) is 8.95. The van der Waals surface area contributed by atoms with Gasteiger partial charge in [0.2, 0.25) is 11.9 Å². The first-order valence-electron chi connectivity index (χ1n) is 13.3. The highest BCUT2D eigenvalue weighted by Gasteiger charge is 2.47. The summed E-state index contributed by atoms with van der Waals surface area (Å²) in [4.78, 5) is 41.8. The average Bonchev–Trinajstić information content (AvgIpc) is 3.32. The van der Waals surface area contributed by atoms with E-state index in [-0.39, 0.29) is 12.5 Å². The molecular weight excluding hydrogens is 544 g/mol. The minimum Gasteiger partial charge on any atom is -0.346 e. The lowest BCUT2D eigenvalue weighted by atomic mass is 9.79. The summed E-state index contributed by atoms with van der Waals surface area (Å²) >= 11 is 12.4. The molecule has 0 bridgehead atoms. The molecule has 2 amide bonds. The number of carbonyl (C=O) groups is 2. The van der Waals surface area contributed by atoms with Crippen LogP contribution in [0.1, 0.15) is 50.5 Å². The molecule has 1 N–H and O–H groups in total. The van der Waals surface area contributed by atoms with Crippen LogP contribution in [-0.4, -0.2) is 83.4 Å². The Balaban J connectivity index is 1.45. The second-order valence-corrected chi connectivity index (χ2v) is 11.5. The van der Waals surface area contributed by atoms with E-state index in [4.69, 9.17) is 23.2 Å². The van der Waals surface area contributed by atoms with E-state index in [9.17, 15) is 27.7 Å². The van der Waals surface area contributed by atoms with E-state index in [2.05, 4.69) is 10.2 Å². The Bertz CT molecular complexity index is 1040. The zero-order chi connectivity index (χ0) is 27.5. The Morgan fingerprint density at radius 2 is 1.76 bits per heavy atom. The van der Waals surface area contributed by atoms with Gasteiger partial charge < -0.3 is 10.2 Å². The first-order valence-corrected chi connectivity index (χ1v) is 14.0. The number of benzene rings is 1. The van der Waals surface area contributed by atoms with E-state index in [0.29, 0.717) is 68.5 Å². The van der Waals surface area contributed by atoms with Crippen LogP contribution in [0.25, 0.3) is 0 Å². The molecule has 210 valence electrons. The minimum absolute atomic E-state index is 0.0653. The summed E-state index contributed by atoms with van der Waals surface area (Å²) in [5, 5.41) is 3.06. The van der Waals surface area contributed by atoms with E-state index in [1.165, 1.54) is 0 Å². The maximum Gasteiger partial charge on any atom is 0.471 e. The molecule has 1 aliphatic carbocycles. The summed E-state index contributed by atoms with van der Waals surface area (Å²) in [5.74, 6) is -2.58. The molecule has 2 atom stereocenters. The van der Waals surface area contributed by atoms with Crippen LogP contribution in [0.2, 0.25) is 10.0 Å². The Morgan fingerprint density at radius 3 is 2.34 bits per heavy atom. The number of hydrogen-bond acceptors (Lipinski definition) is 4. The molecule has 2 heterocycles. The molecule has 2 aliphatic heterocycles. The smallest absolute Gasteiger partial charge is 0.346 e. The zero-order valence-electron chi connectivity index (χ0n) is 21.2. The highest BCUT2D eigenvalue weighted by atomic mass is 35.5. The number of alkyl halides is 3. The maximum absolute atomic E-state index is 13.8. The number of carbonyl (C=O) groups excluding carboxylic acids is 2. The monoisotopic (exact) mass is 577 g/mol. The van der Waals surface area contributed by atoms with Crippen molar-refractivity contribution in [2.45, 2.75) is 69.1 Å². The van der Waals surface area contributed by atoms with E-state index in [1.807, 2.05) is 0 Å². The number of hydrogen-bond donors (Lipinski definition) is 1. The molecular formula is C26H34Cl2F3N4O3+. The van der Waals surface area contributed by atoms with Crippen LogP contribution in [0, 0.1) is 10.8 Å². The van der Waals surface area contributed by atoms with Gasteiger partial charge in [-0.15, -0.1) is 0 Å². The van der Waals surface area contributed by atoms with Crippen LogP contribution in [0.4, 0.5) is 13.2 Å². The van der Waals surface area contributed by atoms with Gasteiger partial charge in [0.25, 0.3) is 0 Å². The summed E-state index contributed by atoms with van der Waals surface area (Å²) in [6.07, 6.45) is 0.936. The lowest BCUT2D eigenvalue weighted by Crippen LogP contribution is -2.63. The van der Waals surface area contributed by atoms with Gasteiger partial charge in [0.1, 0.15) is 5.92 Å². The topological polar surface area (TPSA) is 72.7 Å². The number of rotatable bonds is 7. The summed E-state index contributed by atoms with van der Waals surface area (Å²) in [7, 11) is 0. The number of amides is 2. The number of nitroso groups, excluding NO2 is 1. The molecule has 4 rings (SSSR count). The third kappa shape index (κ3) is 6.62. The normalized spacial score (nSPS) is 23.3. The highest BCUT2D eigenvalue weighted by Crippen LogP contribution is 2.35. The second-order valence-electron chi connectivity index (χ2n) is 10.7. The molecule has 2 saturated heterocycles. The Kier molecular flexibility index (Phi) is 9.25. The Hall–Kier alpha value is -1.91. The molecule has 1 saturated carbocycles. The molecule has 0 radical (unpaired) electrons. The van der Waals surface area contributed by atoms with Gasteiger partial charge in [-0.25, -0.2) is 0 Å². The van der Waals surface area contributed by atoms with Gasteiger partial charge in [-0.05, 0) is 37.0 Å². The van der Waals surface area contributed by atoms with E-state index in [0.717, 1.165) is 36.0 Å². The lowest BCUT2D eigenvalue weighted by Gasteiger charge is -2.50. The van der Waals surface area contributed by atoms with Crippen LogP contribution in [-0.2, 0) is 16.0 Å². The van der Waals surface area contributed by atoms with Crippen LogP contribution in [0.15, 0.2) is 18.2 Å². The van der Waals surface area contributed by atoms with E-state index >= 15 is 0 Å². The van der Waals surface area contributed by atoms with Crippen LogP contribution in [0.5, 0.6) is 0 Å². The molecule has 3 fully saturated rings. The van der Waals surface area contributed by atoms with Gasteiger partial charge in [-0.3, -0.25) is 14.5 Å². The van der Waals surface area contributed by atoms with Crippen LogP contribution in [0.3, 0.4) is 0 Å². The quantitative estimate of drug-likeness (QED) is 0.480. The molecule has 7 nitrogen and oxygen atoms in total. The standard InChI is InChI=1S/C26H33Cl2F3N4O3/c27-19-7-6-18(21(28)16-19)15-20(22-5-4-10-35(22)38)23(36)33-11-13-34(14-12-33)25(8-2-1-3-9-25)17-32-24(37)26(29,30)31/h6-7,16,20,22H,1-5,8-15,17H2/p+1/t20-,22?/m1/s1. The lowest BCUT2D eigenvalue weighted by molar-refractivity contribution is -0.570. The van der Waals surface area contributed by atoms with Gasteiger partial charge in [0, 0.05) is 70.8 Å². The Labute approximate surface area is 230 Å². The van der Waals surface area contributed by atoms with Crippen LogP contribution >= 0.6 is 23.2 Å². The maximum atomic E-state index is 13.8. The van der Waals surface area contributed by atoms with E-state index < -0.39 is 29.6 Å². The summed E-state index contributed by atoms with van der Waals surface area (Å²) in [6, 6.07) is 4.70. The van der Waals surface area contributed by atoms with Gasteiger partial charge in [-0.2, -0.15) is 13.2 Å². The van der Waals surface area contributed by atoms with Gasteiger partial charge in [-0.1, -0.05) is 48.5 Å². The van der Waals surface area contributed by atoms with Gasteiger partial charge >= 0.3 is 12.1 Å². The fraction of sp³-hybridized carbons (Fsp3) is 0.692. The zero-order valence-corrected chi connectivity index (χ0v) is 22.8. The van der Waals surface area contributed by atoms with E-state index in [1.54, 1.807) is 23.1 Å². The Morgan fingerprint density at radius 1 is 1.08 bits per heavy atom. The predicted molar refractivity (Wildman–Crippen MR) is 138 cm³/mol. The van der Waals surface area contributed by atoms with Crippen molar-refractivity contribution in [1.29, 1.82) is 0 Å².